The van der Waals surface area contributed by atoms with E-state index in [1.165, 1.54) is 16.3 Å². The van der Waals surface area contributed by atoms with Crippen molar-refractivity contribution < 1.29 is 4.79 Å². The first-order chi connectivity index (χ1) is 11.2. The van der Waals surface area contributed by atoms with Crippen molar-refractivity contribution in [2.75, 3.05) is 0 Å². The van der Waals surface area contributed by atoms with E-state index in [-0.39, 0.29) is 24.2 Å². The molecule has 2 fully saturated rings. The molecule has 2 aliphatic rings. The van der Waals surface area contributed by atoms with E-state index in [1.807, 2.05) is 0 Å². The lowest BCUT2D eigenvalue weighted by Gasteiger charge is -2.26. The molecule has 2 aliphatic carbocycles. The first kappa shape index (κ1) is 17.2. The predicted octanol–water partition coefficient (Wildman–Crippen LogP) is 3.75. The third-order valence-electron chi connectivity index (χ3n) is 5.45. The molecule has 0 aromatic heterocycles. The van der Waals surface area contributed by atoms with Gasteiger partial charge < -0.3 is 11.1 Å². The minimum atomic E-state index is 0. The summed E-state index contributed by atoms with van der Waals surface area (Å²) in [5.41, 5.74) is 7.23. The normalized spacial score (nSPS) is 28.9. The number of hydrogen-bond donors (Lipinski definition) is 2. The number of halogens is 1. The summed E-state index contributed by atoms with van der Waals surface area (Å²) in [7, 11) is 0. The highest BCUT2D eigenvalue weighted by Crippen LogP contribution is 2.48. The molecule has 0 saturated heterocycles. The Bertz CT molecular complexity index is 724. The molecule has 2 atom stereocenters. The molecule has 0 bridgehead atoms. The van der Waals surface area contributed by atoms with Gasteiger partial charge in [-0.3, -0.25) is 4.79 Å². The lowest BCUT2D eigenvalue weighted by atomic mass is 9.91. The fourth-order valence-electron chi connectivity index (χ4n) is 3.86. The maximum Gasteiger partial charge on any atom is 0.223 e. The molecule has 3 nitrogen and oxygen atoms in total. The van der Waals surface area contributed by atoms with E-state index in [4.69, 9.17) is 5.73 Å². The van der Waals surface area contributed by atoms with E-state index in [2.05, 4.69) is 47.8 Å². The molecule has 2 saturated carbocycles. The Morgan fingerprint density at radius 2 is 1.71 bits per heavy atom. The van der Waals surface area contributed by atoms with Crippen molar-refractivity contribution in [2.45, 2.75) is 50.1 Å². The lowest BCUT2D eigenvalue weighted by molar-refractivity contribution is -0.123. The fourth-order valence-corrected chi connectivity index (χ4v) is 3.86. The average Bonchev–Trinajstić information content (AvgIpc) is 3.37. The molecule has 1 amide bonds. The van der Waals surface area contributed by atoms with E-state index in [1.54, 1.807) is 0 Å². The summed E-state index contributed by atoms with van der Waals surface area (Å²) >= 11 is 0. The van der Waals surface area contributed by atoms with Gasteiger partial charge in [0.15, 0.2) is 0 Å². The highest BCUT2D eigenvalue weighted by atomic mass is 35.5. The molecule has 2 aromatic rings. The minimum absolute atomic E-state index is 0. The van der Waals surface area contributed by atoms with Gasteiger partial charge in [-0.1, -0.05) is 42.5 Å². The third kappa shape index (κ3) is 3.57. The van der Waals surface area contributed by atoms with Crippen LogP contribution in [0.25, 0.3) is 10.8 Å². The van der Waals surface area contributed by atoms with Crippen LogP contribution in [0.2, 0.25) is 0 Å². The zero-order valence-corrected chi connectivity index (χ0v) is 14.6. The summed E-state index contributed by atoms with van der Waals surface area (Å²) in [4.78, 5) is 12.5. The predicted molar refractivity (Wildman–Crippen MR) is 100 cm³/mol. The molecule has 4 heteroatoms. The van der Waals surface area contributed by atoms with E-state index in [0.717, 1.165) is 32.1 Å². The zero-order valence-electron chi connectivity index (χ0n) is 13.8. The van der Waals surface area contributed by atoms with Crippen LogP contribution in [0.15, 0.2) is 42.5 Å². The second-order valence-corrected chi connectivity index (χ2v) is 7.18. The number of rotatable bonds is 3. The van der Waals surface area contributed by atoms with Crippen molar-refractivity contribution >= 4 is 29.1 Å². The van der Waals surface area contributed by atoms with Crippen molar-refractivity contribution in [2.24, 2.45) is 11.7 Å². The quantitative estimate of drug-likeness (QED) is 0.890. The number of hydrogen-bond acceptors (Lipinski definition) is 2. The Hall–Kier alpha value is -1.58. The lowest BCUT2D eigenvalue weighted by Crippen LogP contribution is -2.41. The van der Waals surface area contributed by atoms with Crippen LogP contribution in [0.1, 0.15) is 43.6 Å². The maximum absolute atomic E-state index is 12.5. The average molecular weight is 345 g/mol. The number of carbonyl (C=O) groups excluding carboxylic acids is 1. The van der Waals surface area contributed by atoms with Crippen molar-refractivity contribution in [3.05, 3.63) is 48.0 Å². The van der Waals surface area contributed by atoms with Crippen molar-refractivity contribution in [1.82, 2.24) is 5.32 Å². The van der Waals surface area contributed by atoms with Gasteiger partial charge in [0.25, 0.3) is 0 Å². The first-order valence-electron chi connectivity index (χ1n) is 8.75. The third-order valence-corrected chi connectivity index (χ3v) is 5.45. The monoisotopic (exact) mass is 344 g/mol. The standard InChI is InChI=1S/C20H24N2O.ClH/c21-16-7-9-17(10-8-16)22-20(23)19-12-18(19)15-6-5-13-3-1-2-4-14(13)11-15;/h1-6,11,16-19H,7-10,12,21H2,(H,22,23);1H. The van der Waals surface area contributed by atoms with Crippen LogP contribution in [-0.2, 0) is 4.79 Å². The smallest absolute Gasteiger partial charge is 0.223 e. The Kier molecular flexibility index (Phi) is 5.12. The molecular formula is C20H25ClN2O. The second-order valence-electron chi connectivity index (χ2n) is 7.18. The fraction of sp³-hybridized carbons (Fsp3) is 0.450. The summed E-state index contributed by atoms with van der Waals surface area (Å²) in [6.45, 7) is 0. The van der Waals surface area contributed by atoms with Crippen LogP contribution in [0, 0.1) is 5.92 Å². The van der Waals surface area contributed by atoms with Crippen molar-refractivity contribution in [3.8, 4) is 0 Å². The van der Waals surface area contributed by atoms with E-state index < -0.39 is 0 Å². The molecule has 2 unspecified atom stereocenters. The van der Waals surface area contributed by atoms with Crippen molar-refractivity contribution in [1.29, 1.82) is 0 Å². The second kappa shape index (κ2) is 7.12. The topological polar surface area (TPSA) is 55.1 Å². The summed E-state index contributed by atoms with van der Waals surface area (Å²) in [5.74, 6) is 0.792. The van der Waals surface area contributed by atoms with Gasteiger partial charge in [-0.2, -0.15) is 0 Å². The number of carbonyl (C=O) groups is 1. The van der Waals surface area contributed by atoms with Gasteiger partial charge in [-0.25, -0.2) is 0 Å². The maximum atomic E-state index is 12.5. The summed E-state index contributed by atoms with van der Waals surface area (Å²) in [6, 6.07) is 15.6. The SMILES string of the molecule is Cl.NC1CCC(NC(=O)C2CC2c2ccc3ccccc3c2)CC1. The van der Waals surface area contributed by atoms with Crippen LogP contribution in [-0.4, -0.2) is 18.0 Å². The number of nitrogens with two attached hydrogens (primary N) is 1. The van der Waals surface area contributed by atoms with Gasteiger partial charge >= 0.3 is 0 Å². The summed E-state index contributed by atoms with van der Waals surface area (Å²) in [6.07, 6.45) is 5.10. The van der Waals surface area contributed by atoms with Gasteiger partial charge in [0, 0.05) is 18.0 Å². The van der Waals surface area contributed by atoms with Gasteiger partial charge in [0.1, 0.15) is 0 Å². The summed E-state index contributed by atoms with van der Waals surface area (Å²) in [5, 5.41) is 5.77. The Labute approximate surface area is 149 Å². The highest BCUT2D eigenvalue weighted by molar-refractivity contribution is 5.86. The Morgan fingerprint density at radius 1 is 1.00 bits per heavy atom. The number of benzene rings is 2. The van der Waals surface area contributed by atoms with E-state index >= 15 is 0 Å². The molecule has 0 heterocycles. The van der Waals surface area contributed by atoms with Gasteiger partial charge in [-0.15, -0.1) is 12.4 Å². The van der Waals surface area contributed by atoms with Crippen LogP contribution < -0.4 is 11.1 Å². The molecule has 128 valence electrons. The summed E-state index contributed by atoms with van der Waals surface area (Å²) < 4.78 is 0. The zero-order chi connectivity index (χ0) is 15.8. The van der Waals surface area contributed by atoms with Crippen LogP contribution in [0.3, 0.4) is 0 Å². The first-order valence-corrected chi connectivity index (χ1v) is 8.75. The number of fused-ring (bicyclic) bond motifs is 1. The molecule has 3 N–H and O–H groups in total. The number of amides is 1. The van der Waals surface area contributed by atoms with E-state index in [0.29, 0.717) is 18.0 Å². The molecule has 0 aliphatic heterocycles. The van der Waals surface area contributed by atoms with Crippen LogP contribution in [0.5, 0.6) is 0 Å². The van der Waals surface area contributed by atoms with Crippen LogP contribution >= 0.6 is 12.4 Å². The minimum Gasteiger partial charge on any atom is -0.353 e. The van der Waals surface area contributed by atoms with Gasteiger partial charge in [0.2, 0.25) is 5.91 Å². The van der Waals surface area contributed by atoms with E-state index in [9.17, 15) is 4.79 Å². The Morgan fingerprint density at radius 3 is 2.46 bits per heavy atom. The van der Waals surface area contributed by atoms with Crippen molar-refractivity contribution in [3.63, 3.8) is 0 Å². The molecule has 4 rings (SSSR count). The molecule has 0 radical (unpaired) electrons. The molecule has 0 spiro atoms. The largest absolute Gasteiger partial charge is 0.353 e. The molecule has 2 aromatic carbocycles. The molecular weight excluding hydrogens is 320 g/mol. The van der Waals surface area contributed by atoms with Gasteiger partial charge in [-0.05, 0) is 54.4 Å². The van der Waals surface area contributed by atoms with Crippen LogP contribution in [0.4, 0.5) is 0 Å². The van der Waals surface area contributed by atoms with Gasteiger partial charge in [0.05, 0.1) is 0 Å². The molecule has 24 heavy (non-hydrogen) atoms. The highest BCUT2D eigenvalue weighted by Gasteiger charge is 2.44. The Balaban J connectivity index is 0.00000169. The number of nitrogens with one attached hydrogen (secondary N) is 1.